The molecule has 0 aliphatic carbocycles. The number of likely N-dealkylation sites (N-methyl/N-ethyl adjacent to an activating group) is 1. The Morgan fingerprint density at radius 2 is 2.11 bits per heavy atom. The number of carboxylic acid groups (broad SMARTS) is 1. The quantitative estimate of drug-likeness (QED) is 0.543. The molecule has 19 heavy (non-hydrogen) atoms. The van der Waals surface area contributed by atoms with Gasteiger partial charge >= 0.3 is 5.97 Å². The number of nitrogens with zero attached hydrogens (tertiary/aromatic N) is 1. The molecular weight excluding hydrogens is 246 g/mol. The molecule has 2 unspecified atom stereocenters. The van der Waals surface area contributed by atoms with Gasteiger partial charge in [0, 0.05) is 6.54 Å². The Balaban J connectivity index is 2.50. The van der Waals surface area contributed by atoms with E-state index in [9.17, 15) is 9.59 Å². The largest absolute Gasteiger partial charge is 0.480 e. The number of carbonyl (C=O) groups is 2. The first-order valence-electron chi connectivity index (χ1n) is 6.97. The van der Waals surface area contributed by atoms with Crippen LogP contribution in [0.25, 0.3) is 0 Å². The second kappa shape index (κ2) is 8.12. The topological polar surface area (TPSA) is 81.7 Å². The van der Waals surface area contributed by atoms with Gasteiger partial charge in [-0.2, -0.15) is 0 Å². The molecule has 1 saturated heterocycles. The van der Waals surface area contributed by atoms with Gasteiger partial charge < -0.3 is 20.6 Å². The van der Waals surface area contributed by atoms with Crippen LogP contribution in [0.15, 0.2) is 0 Å². The van der Waals surface area contributed by atoms with Crippen LogP contribution in [0.3, 0.4) is 0 Å². The highest BCUT2D eigenvalue weighted by molar-refractivity contribution is 5.87. The number of hydrogen-bond donors (Lipinski definition) is 3. The van der Waals surface area contributed by atoms with E-state index in [0.717, 1.165) is 32.2 Å². The van der Waals surface area contributed by atoms with Crippen molar-refractivity contribution in [1.82, 2.24) is 15.5 Å². The predicted molar refractivity (Wildman–Crippen MR) is 73.0 cm³/mol. The summed E-state index contributed by atoms with van der Waals surface area (Å²) in [6.07, 6.45) is 4.06. The summed E-state index contributed by atoms with van der Waals surface area (Å²) in [7, 11) is 3.66. The second-order valence-electron chi connectivity index (χ2n) is 4.97. The van der Waals surface area contributed by atoms with E-state index < -0.39 is 12.0 Å². The summed E-state index contributed by atoms with van der Waals surface area (Å²) in [4.78, 5) is 25.0. The fraction of sp³-hybridized carbons (Fsp3) is 0.846. The zero-order valence-electron chi connectivity index (χ0n) is 11.8. The lowest BCUT2D eigenvalue weighted by atomic mass is 10.1. The smallest absolute Gasteiger partial charge is 0.326 e. The Hall–Kier alpha value is -1.14. The highest BCUT2D eigenvalue weighted by Crippen LogP contribution is 2.19. The first-order chi connectivity index (χ1) is 9.11. The van der Waals surface area contributed by atoms with Crippen LogP contribution in [-0.2, 0) is 9.59 Å². The third kappa shape index (κ3) is 4.47. The normalized spacial score (nSPS) is 20.5. The zero-order chi connectivity index (χ0) is 14.3. The zero-order valence-corrected chi connectivity index (χ0v) is 11.8. The monoisotopic (exact) mass is 271 g/mol. The fourth-order valence-electron chi connectivity index (χ4n) is 2.53. The molecule has 6 heteroatoms. The van der Waals surface area contributed by atoms with E-state index in [-0.39, 0.29) is 11.9 Å². The summed E-state index contributed by atoms with van der Waals surface area (Å²) in [5, 5.41) is 15.2. The van der Waals surface area contributed by atoms with Crippen LogP contribution in [0, 0.1) is 0 Å². The number of amides is 1. The van der Waals surface area contributed by atoms with Gasteiger partial charge in [0.05, 0.1) is 6.04 Å². The summed E-state index contributed by atoms with van der Waals surface area (Å²) in [6.45, 7) is 1.50. The van der Waals surface area contributed by atoms with Crippen molar-refractivity contribution >= 4 is 11.9 Å². The summed E-state index contributed by atoms with van der Waals surface area (Å²) in [5.74, 6) is -0.965. The summed E-state index contributed by atoms with van der Waals surface area (Å²) < 4.78 is 0. The Morgan fingerprint density at radius 1 is 1.37 bits per heavy atom. The summed E-state index contributed by atoms with van der Waals surface area (Å²) >= 11 is 0. The standard InChI is InChI=1S/C13H25N3O3/c1-14-8-4-3-6-10(15-2)12(17)16-9-5-7-11(16)13(18)19/h10-11,14-15H,3-9H2,1-2H3,(H,18,19). The Kier molecular flexibility index (Phi) is 6.80. The van der Waals surface area contributed by atoms with Gasteiger partial charge in [-0.15, -0.1) is 0 Å². The molecule has 0 saturated carbocycles. The highest BCUT2D eigenvalue weighted by atomic mass is 16.4. The molecule has 6 nitrogen and oxygen atoms in total. The third-order valence-corrected chi connectivity index (χ3v) is 3.64. The van der Waals surface area contributed by atoms with Crippen molar-refractivity contribution in [2.45, 2.75) is 44.2 Å². The maximum atomic E-state index is 12.3. The predicted octanol–water partition coefficient (Wildman–Crippen LogP) is 0.0397. The van der Waals surface area contributed by atoms with E-state index in [4.69, 9.17) is 5.11 Å². The van der Waals surface area contributed by atoms with Gasteiger partial charge in [0.1, 0.15) is 6.04 Å². The first-order valence-corrected chi connectivity index (χ1v) is 6.97. The maximum absolute atomic E-state index is 12.3. The molecule has 3 N–H and O–H groups in total. The van der Waals surface area contributed by atoms with Gasteiger partial charge in [-0.05, 0) is 46.3 Å². The number of likely N-dealkylation sites (tertiary alicyclic amines) is 1. The molecule has 0 bridgehead atoms. The number of nitrogens with one attached hydrogen (secondary N) is 2. The Labute approximate surface area is 114 Å². The Morgan fingerprint density at radius 3 is 2.68 bits per heavy atom. The lowest BCUT2D eigenvalue weighted by molar-refractivity contribution is -0.149. The van der Waals surface area contributed by atoms with Gasteiger partial charge in [-0.1, -0.05) is 6.42 Å². The number of carboxylic acids is 1. The number of rotatable bonds is 8. The van der Waals surface area contributed by atoms with Crippen LogP contribution in [0.1, 0.15) is 32.1 Å². The molecule has 1 aliphatic heterocycles. The van der Waals surface area contributed by atoms with E-state index in [1.165, 1.54) is 4.90 Å². The number of aliphatic carboxylic acids is 1. The van der Waals surface area contributed by atoms with E-state index in [0.29, 0.717) is 13.0 Å². The van der Waals surface area contributed by atoms with Crippen molar-refractivity contribution in [2.75, 3.05) is 27.2 Å². The first kappa shape index (κ1) is 15.9. The molecule has 0 aromatic rings. The van der Waals surface area contributed by atoms with Gasteiger partial charge in [0.2, 0.25) is 5.91 Å². The van der Waals surface area contributed by atoms with E-state index in [2.05, 4.69) is 10.6 Å². The van der Waals surface area contributed by atoms with E-state index in [1.807, 2.05) is 7.05 Å². The minimum absolute atomic E-state index is 0.0724. The highest BCUT2D eigenvalue weighted by Gasteiger charge is 2.36. The van der Waals surface area contributed by atoms with Crippen molar-refractivity contribution in [3.63, 3.8) is 0 Å². The van der Waals surface area contributed by atoms with Crippen molar-refractivity contribution in [1.29, 1.82) is 0 Å². The molecule has 0 aromatic carbocycles. The molecule has 0 radical (unpaired) electrons. The van der Waals surface area contributed by atoms with Crippen LogP contribution in [0.4, 0.5) is 0 Å². The molecule has 1 rings (SSSR count). The van der Waals surface area contributed by atoms with Crippen molar-refractivity contribution < 1.29 is 14.7 Å². The van der Waals surface area contributed by atoms with Crippen LogP contribution >= 0.6 is 0 Å². The fourth-order valence-corrected chi connectivity index (χ4v) is 2.53. The van der Waals surface area contributed by atoms with Gasteiger partial charge in [0.15, 0.2) is 0 Å². The third-order valence-electron chi connectivity index (χ3n) is 3.64. The molecule has 1 amide bonds. The second-order valence-corrected chi connectivity index (χ2v) is 4.97. The molecule has 1 aliphatic rings. The minimum Gasteiger partial charge on any atom is -0.480 e. The average Bonchev–Trinajstić information content (AvgIpc) is 2.87. The van der Waals surface area contributed by atoms with E-state index >= 15 is 0 Å². The van der Waals surface area contributed by atoms with Gasteiger partial charge in [-0.25, -0.2) is 4.79 Å². The Bertz CT molecular complexity index is 310. The molecule has 1 fully saturated rings. The van der Waals surface area contributed by atoms with Crippen molar-refractivity contribution in [2.24, 2.45) is 0 Å². The lowest BCUT2D eigenvalue weighted by Crippen LogP contribution is -2.49. The van der Waals surface area contributed by atoms with Gasteiger partial charge in [-0.3, -0.25) is 4.79 Å². The van der Waals surface area contributed by atoms with Crippen LogP contribution < -0.4 is 10.6 Å². The van der Waals surface area contributed by atoms with Crippen molar-refractivity contribution in [3.05, 3.63) is 0 Å². The molecule has 2 atom stereocenters. The van der Waals surface area contributed by atoms with E-state index in [1.54, 1.807) is 7.05 Å². The number of unbranched alkanes of at least 4 members (excludes halogenated alkanes) is 1. The minimum atomic E-state index is -0.893. The summed E-state index contributed by atoms with van der Waals surface area (Å²) in [5.41, 5.74) is 0. The maximum Gasteiger partial charge on any atom is 0.326 e. The van der Waals surface area contributed by atoms with Gasteiger partial charge in [0.25, 0.3) is 0 Å². The molecule has 0 aromatic heterocycles. The molecule has 0 spiro atoms. The van der Waals surface area contributed by atoms with Crippen molar-refractivity contribution in [3.8, 4) is 0 Å². The average molecular weight is 271 g/mol. The van der Waals surface area contributed by atoms with Crippen LogP contribution in [-0.4, -0.2) is 61.2 Å². The number of hydrogen-bond acceptors (Lipinski definition) is 4. The lowest BCUT2D eigenvalue weighted by Gasteiger charge is -2.26. The molecular formula is C13H25N3O3. The van der Waals surface area contributed by atoms with Crippen LogP contribution in [0.2, 0.25) is 0 Å². The SMILES string of the molecule is CNCCCCC(NC)C(=O)N1CCCC1C(=O)O. The molecule has 110 valence electrons. The molecule has 1 heterocycles. The number of carbonyl (C=O) groups excluding carboxylic acids is 1. The summed E-state index contributed by atoms with van der Waals surface area (Å²) in [6, 6.07) is -0.905. The van der Waals surface area contributed by atoms with Crippen LogP contribution in [0.5, 0.6) is 0 Å².